The number of aromatic nitrogens is 4. The van der Waals surface area contributed by atoms with Gasteiger partial charge in [0, 0.05) is 64.6 Å². The number of fused-ring (bicyclic) bond motifs is 2. The minimum Gasteiger partial charge on any atom is -0.381 e. The number of nitrogens with one attached hydrogen (secondary N) is 2. The molecule has 2 saturated carbocycles. The monoisotopic (exact) mass is 686 g/mol. The van der Waals surface area contributed by atoms with Crippen LogP contribution in [0.2, 0.25) is 0 Å². The van der Waals surface area contributed by atoms with Crippen LogP contribution in [0.5, 0.6) is 0 Å². The predicted molar refractivity (Wildman–Crippen MR) is 200 cm³/mol. The number of ether oxygens (including phenoxy) is 2. The molecule has 4 aromatic rings. The maximum atomic E-state index is 12.5. The average molecular weight is 687 g/mol. The van der Waals surface area contributed by atoms with E-state index in [2.05, 4.69) is 57.9 Å². The molecule has 4 heterocycles. The number of imidazole rings is 2. The summed E-state index contributed by atoms with van der Waals surface area (Å²) < 4.78 is 15.0. The zero-order valence-corrected chi connectivity index (χ0v) is 30.7. The number of likely N-dealkylation sites (tertiary alicyclic amines) is 2. The Morgan fingerprint density at radius 2 is 0.880 bits per heavy atom. The fourth-order valence-corrected chi connectivity index (χ4v) is 9.50. The highest BCUT2D eigenvalue weighted by Gasteiger charge is 2.32. The van der Waals surface area contributed by atoms with E-state index in [-0.39, 0.29) is 11.4 Å². The number of benzene rings is 2. The second-order valence-electron chi connectivity index (χ2n) is 15.5. The topological polar surface area (TPSA) is 101 Å². The molecule has 0 spiro atoms. The molecule has 0 atom stereocenters. The summed E-state index contributed by atoms with van der Waals surface area (Å²) in [5, 5.41) is 0. The normalized spacial score (nSPS) is 26.3. The van der Waals surface area contributed by atoms with E-state index in [1.54, 1.807) is 0 Å². The van der Waals surface area contributed by atoms with Crippen molar-refractivity contribution in [1.82, 2.24) is 28.9 Å². The van der Waals surface area contributed by atoms with Gasteiger partial charge in [-0.2, -0.15) is 0 Å². The van der Waals surface area contributed by atoms with Gasteiger partial charge in [0.05, 0.1) is 34.3 Å². The smallest absolute Gasteiger partial charge is 0.326 e. The molecule has 50 heavy (non-hydrogen) atoms. The summed E-state index contributed by atoms with van der Waals surface area (Å²) >= 11 is 0. The number of aromatic amines is 2. The minimum absolute atomic E-state index is 0.0413. The zero-order chi connectivity index (χ0) is 34.8. The van der Waals surface area contributed by atoms with Gasteiger partial charge in [-0.05, 0) is 126 Å². The van der Waals surface area contributed by atoms with Gasteiger partial charge in [-0.3, -0.25) is 9.13 Å². The maximum Gasteiger partial charge on any atom is 0.326 e. The summed E-state index contributed by atoms with van der Waals surface area (Å²) in [7, 11) is 3.66. The number of H-pyrrole nitrogens is 2. The molecule has 10 heteroatoms. The number of methoxy groups -OCH3 is 2. The number of piperidine rings is 2. The molecule has 4 aliphatic rings. The highest BCUT2D eigenvalue weighted by atomic mass is 16.5. The Morgan fingerprint density at radius 3 is 1.22 bits per heavy atom. The lowest BCUT2D eigenvalue weighted by atomic mass is 9.90. The van der Waals surface area contributed by atoms with Crippen LogP contribution in [0.25, 0.3) is 22.1 Å². The molecule has 0 amide bonds. The molecule has 2 saturated heterocycles. The summed E-state index contributed by atoms with van der Waals surface area (Å²) in [6.07, 6.45) is 14.9. The van der Waals surface area contributed by atoms with Crippen molar-refractivity contribution < 1.29 is 9.47 Å². The summed E-state index contributed by atoms with van der Waals surface area (Å²) in [5.74, 6) is 0. The first-order valence-electron chi connectivity index (χ1n) is 19.3. The molecule has 2 aromatic heterocycles. The molecule has 4 fully saturated rings. The van der Waals surface area contributed by atoms with Crippen molar-refractivity contribution in [3.05, 3.63) is 68.5 Å². The molecule has 272 valence electrons. The van der Waals surface area contributed by atoms with Crippen LogP contribution in [0.1, 0.15) is 100 Å². The highest BCUT2D eigenvalue weighted by molar-refractivity contribution is 5.77. The molecule has 0 unspecified atom stereocenters. The Kier molecular flexibility index (Phi) is 11.0. The van der Waals surface area contributed by atoms with E-state index < -0.39 is 0 Å². The molecule has 2 aliphatic heterocycles. The summed E-state index contributed by atoms with van der Waals surface area (Å²) in [6.45, 7) is 8.55. The molecule has 10 nitrogen and oxygen atoms in total. The van der Waals surface area contributed by atoms with E-state index in [0.29, 0.717) is 36.4 Å². The van der Waals surface area contributed by atoms with Crippen molar-refractivity contribution in [2.45, 2.75) is 127 Å². The molecule has 0 radical (unpaired) electrons. The van der Waals surface area contributed by atoms with Gasteiger partial charge >= 0.3 is 11.4 Å². The third kappa shape index (κ3) is 7.54. The number of aryl methyl sites for hydroxylation is 2. The highest BCUT2D eigenvalue weighted by Crippen LogP contribution is 2.32. The third-order valence-electron chi connectivity index (χ3n) is 12.5. The molecule has 0 bridgehead atoms. The molecule has 2 aliphatic carbocycles. The number of hydrogen-bond donors (Lipinski definition) is 2. The van der Waals surface area contributed by atoms with E-state index in [4.69, 9.17) is 9.47 Å². The third-order valence-corrected chi connectivity index (χ3v) is 12.5. The van der Waals surface area contributed by atoms with Crippen LogP contribution in [0.3, 0.4) is 0 Å². The lowest BCUT2D eigenvalue weighted by Gasteiger charge is -2.40. The molecular weight excluding hydrogens is 628 g/mol. The van der Waals surface area contributed by atoms with Crippen molar-refractivity contribution in [3.8, 4) is 0 Å². The Bertz CT molecular complexity index is 1690. The molecular formula is C40H58N6O4. The van der Waals surface area contributed by atoms with Gasteiger partial charge in [-0.25, -0.2) is 9.59 Å². The summed E-state index contributed by atoms with van der Waals surface area (Å²) in [4.78, 5) is 36.3. The van der Waals surface area contributed by atoms with Crippen LogP contribution in [0.4, 0.5) is 0 Å². The van der Waals surface area contributed by atoms with Crippen LogP contribution in [-0.4, -0.2) is 93.6 Å². The van der Waals surface area contributed by atoms with Gasteiger partial charge in [0.15, 0.2) is 0 Å². The fourth-order valence-electron chi connectivity index (χ4n) is 9.50. The maximum absolute atomic E-state index is 12.5. The lowest BCUT2D eigenvalue weighted by molar-refractivity contribution is 0.0296. The minimum atomic E-state index is 0.0413. The van der Waals surface area contributed by atoms with Crippen LogP contribution in [0.15, 0.2) is 46.0 Å². The Hall–Kier alpha value is -3.18. The van der Waals surface area contributed by atoms with E-state index >= 15 is 0 Å². The van der Waals surface area contributed by atoms with E-state index in [1.807, 2.05) is 35.5 Å². The van der Waals surface area contributed by atoms with E-state index in [0.717, 1.165) is 73.9 Å². The van der Waals surface area contributed by atoms with Gasteiger partial charge in [-0.1, -0.05) is 12.1 Å². The van der Waals surface area contributed by atoms with Crippen molar-refractivity contribution in [1.29, 1.82) is 0 Å². The average Bonchev–Trinajstić information content (AvgIpc) is 3.66. The van der Waals surface area contributed by atoms with Gasteiger partial charge in [0.1, 0.15) is 0 Å². The second-order valence-corrected chi connectivity index (χ2v) is 15.5. The first-order chi connectivity index (χ1) is 24.3. The Balaban J connectivity index is 0.000000157. The quantitative estimate of drug-likeness (QED) is 0.242. The van der Waals surface area contributed by atoms with Crippen LogP contribution in [-0.2, 0) is 9.47 Å². The largest absolute Gasteiger partial charge is 0.381 e. The predicted octanol–water partition coefficient (Wildman–Crippen LogP) is 6.47. The first-order valence-corrected chi connectivity index (χ1v) is 19.3. The second kappa shape index (κ2) is 15.6. The Labute approximate surface area is 296 Å². The van der Waals surface area contributed by atoms with Crippen molar-refractivity contribution >= 4 is 22.1 Å². The number of hydrogen-bond acceptors (Lipinski definition) is 6. The van der Waals surface area contributed by atoms with Crippen molar-refractivity contribution in [3.63, 3.8) is 0 Å². The molecule has 2 N–H and O–H groups in total. The van der Waals surface area contributed by atoms with Gasteiger partial charge < -0.3 is 29.2 Å². The zero-order valence-electron chi connectivity index (χ0n) is 30.7. The molecule has 8 rings (SSSR count). The van der Waals surface area contributed by atoms with E-state index in [9.17, 15) is 9.59 Å². The van der Waals surface area contributed by atoms with Crippen LogP contribution >= 0.6 is 0 Å². The lowest BCUT2D eigenvalue weighted by Crippen LogP contribution is -2.45. The van der Waals surface area contributed by atoms with Gasteiger partial charge in [0.25, 0.3) is 0 Å². The standard InChI is InChI=1S/2C20H29N3O2/c2*1-14-3-8-18-19(13-14)23(20(24)21-18)16-9-11-22(12-10-16)15-4-6-17(25-2)7-5-15/h2*3,8,13,15-17H,4-7,9-12H2,1-2H3,(H,21,24). The Morgan fingerprint density at radius 1 is 0.520 bits per heavy atom. The first kappa shape index (κ1) is 35.2. The summed E-state index contributed by atoms with van der Waals surface area (Å²) in [5.41, 5.74) is 6.51. The number of nitrogens with zero attached hydrogens (tertiary/aromatic N) is 4. The number of rotatable bonds is 6. The summed E-state index contributed by atoms with van der Waals surface area (Å²) in [6, 6.07) is 14.4. The van der Waals surface area contributed by atoms with Crippen LogP contribution < -0.4 is 11.4 Å². The SMILES string of the molecule is COC1CCC(N2CCC(n3c(=O)[nH]c4ccc(C)cc43)CC2)CC1.COC1CCC(N2CCC(n3c(=O)[nH]c4ccc(C)cc43)CC2)CC1. The van der Waals surface area contributed by atoms with E-state index in [1.165, 1.54) is 62.5 Å². The van der Waals surface area contributed by atoms with Crippen molar-refractivity contribution in [2.75, 3.05) is 40.4 Å². The van der Waals surface area contributed by atoms with Gasteiger partial charge in [0.2, 0.25) is 0 Å². The fraction of sp³-hybridized carbons (Fsp3) is 0.650. The van der Waals surface area contributed by atoms with Crippen molar-refractivity contribution in [2.24, 2.45) is 0 Å². The van der Waals surface area contributed by atoms with Crippen LogP contribution in [0, 0.1) is 13.8 Å². The molecule has 2 aromatic carbocycles. The van der Waals surface area contributed by atoms with Gasteiger partial charge in [-0.15, -0.1) is 0 Å².